The Hall–Kier alpha value is -0.700. The second kappa shape index (κ2) is 5.97. The monoisotopic (exact) mass is 356 g/mol. The minimum absolute atomic E-state index is 0.0528. The maximum Gasteiger partial charge on any atom is 0.214 e. The third-order valence-electron chi connectivity index (χ3n) is 2.61. The van der Waals surface area contributed by atoms with Crippen LogP contribution in [-0.2, 0) is 0 Å². The molecular weight excluding hydrogens is 348 g/mol. The van der Waals surface area contributed by atoms with Gasteiger partial charge in [0, 0.05) is 4.88 Å². The lowest BCUT2D eigenvalue weighted by Gasteiger charge is -2.07. The summed E-state index contributed by atoms with van der Waals surface area (Å²) < 4.78 is 0.663. The van der Waals surface area contributed by atoms with Crippen LogP contribution in [0.5, 0.6) is 0 Å². The van der Waals surface area contributed by atoms with E-state index in [1.54, 1.807) is 6.07 Å². The summed E-state index contributed by atoms with van der Waals surface area (Å²) in [4.78, 5) is 15.2. The number of aliphatic hydroxyl groups excluding tert-OH is 1. The maximum atomic E-state index is 12.5. The highest BCUT2D eigenvalue weighted by molar-refractivity contribution is 7.76. The molecule has 0 amide bonds. The molecule has 0 aliphatic carbocycles. The second-order valence-electron chi connectivity index (χ2n) is 3.87. The molecule has 0 saturated carbocycles. The van der Waals surface area contributed by atoms with Gasteiger partial charge in [-0.25, -0.2) is 0 Å². The fraction of sp³-hybridized carbons (Fsp3) is 0.0769. The lowest BCUT2D eigenvalue weighted by Crippen LogP contribution is -2.03. The molecule has 0 aromatic carbocycles. The quantitative estimate of drug-likeness (QED) is 0.529. The molecule has 3 rings (SSSR count). The first-order chi connectivity index (χ1) is 9.66. The van der Waals surface area contributed by atoms with E-state index in [4.69, 9.17) is 12.2 Å². The van der Waals surface area contributed by atoms with Crippen molar-refractivity contribution in [2.24, 2.45) is 0 Å². The summed E-state index contributed by atoms with van der Waals surface area (Å²) in [5.74, 6) is -0.0528. The van der Waals surface area contributed by atoms with E-state index < -0.39 is 6.10 Å². The SMILES string of the molecule is O=C(c1cccs1)c1sc(=S)sc1C(O)c1cccs1. The van der Waals surface area contributed by atoms with Gasteiger partial charge in [-0.15, -0.1) is 45.3 Å². The van der Waals surface area contributed by atoms with Crippen LogP contribution < -0.4 is 0 Å². The van der Waals surface area contributed by atoms with Crippen LogP contribution in [0.2, 0.25) is 0 Å². The largest absolute Gasteiger partial charge is 0.382 e. The molecule has 1 unspecified atom stereocenters. The molecule has 0 spiro atoms. The summed E-state index contributed by atoms with van der Waals surface area (Å²) in [5, 5.41) is 14.2. The van der Waals surface area contributed by atoms with Crippen molar-refractivity contribution in [2.45, 2.75) is 6.10 Å². The van der Waals surface area contributed by atoms with E-state index in [2.05, 4.69) is 0 Å². The predicted octanol–water partition coefficient (Wildman–Crippen LogP) is 4.97. The highest BCUT2D eigenvalue weighted by Gasteiger charge is 2.24. The first kappa shape index (κ1) is 14.2. The fourth-order valence-electron chi connectivity index (χ4n) is 1.72. The van der Waals surface area contributed by atoms with Crippen molar-refractivity contribution in [1.29, 1.82) is 0 Å². The lowest BCUT2D eigenvalue weighted by molar-refractivity contribution is 0.104. The van der Waals surface area contributed by atoms with Crippen LogP contribution >= 0.6 is 57.6 Å². The Morgan fingerprint density at radius 3 is 2.55 bits per heavy atom. The number of hydrogen-bond acceptors (Lipinski definition) is 7. The van der Waals surface area contributed by atoms with Gasteiger partial charge in [-0.2, -0.15) is 0 Å². The number of thiophene rings is 2. The van der Waals surface area contributed by atoms with Gasteiger partial charge in [0.1, 0.15) is 9.24 Å². The van der Waals surface area contributed by atoms with Crippen molar-refractivity contribution in [3.05, 3.63) is 57.7 Å². The van der Waals surface area contributed by atoms with Crippen molar-refractivity contribution < 1.29 is 9.90 Å². The van der Waals surface area contributed by atoms with Gasteiger partial charge >= 0.3 is 0 Å². The van der Waals surface area contributed by atoms with Crippen molar-refractivity contribution in [2.75, 3.05) is 0 Å². The molecular formula is C13H8O2S5. The molecule has 102 valence electrons. The normalized spacial score (nSPS) is 12.4. The maximum absolute atomic E-state index is 12.5. The van der Waals surface area contributed by atoms with Crippen LogP contribution in [0, 0.1) is 3.14 Å². The van der Waals surface area contributed by atoms with Gasteiger partial charge in [-0.1, -0.05) is 24.4 Å². The minimum Gasteiger partial charge on any atom is -0.382 e. The van der Waals surface area contributed by atoms with E-state index in [0.29, 0.717) is 17.8 Å². The third kappa shape index (κ3) is 2.69. The van der Waals surface area contributed by atoms with Crippen LogP contribution in [0.1, 0.15) is 30.4 Å². The van der Waals surface area contributed by atoms with E-state index in [1.807, 2.05) is 29.0 Å². The highest BCUT2D eigenvalue weighted by atomic mass is 32.2. The van der Waals surface area contributed by atoms with Crippen LogP contribution in [0.15, 0.2) is 35.0 Å². The average Bonchev–Trinajstić information content (AvgIpc) is 3.18. The number of hydrogen-bond donors (Lipinski definition) is 1. The first-order valence-corrected chi connectivity index (χ1v) is 9.40. The van der Waals surface area contributed by atoms with Crippen LogP contribution in [0.3, 0.4) is 0 Å². The smallest absolute Gasteiger partial charge is 0.214 e. The predicted molar refractivity (Wildman–Crippen MR) is 89.2 cm³/mol. The Labute approximate surface area is 136 Å². The van der Waals surface area contributed by atoms with Crippen LogP contribution in [0.4, 0.5) is 0 Å². The standard InChI is InChI=1S/C13H8O2S5/c14-9(7-3-1-5-17-7)11-12(20-13(16)19-11)10(15)8-4-2-6-18-8/h1-6,9,14H. The topological polar surface area (TPSA) is 37.3 Å². The van der Waals surface area contributed by atoms with E-state index in [1.165, 1.54) is 45.3 Å². The molecule has 3 aromatic heterocycles. The number of carbonyl (C=O) groups is 1. The molecule has 3 aromatic rings. The zero-order chi connectivity index (χ0) is 14.1. The highest BCUT2D eigenvalue weighted by Crippen LogP contribution is 2.37. The number of carbonyl (C=O) groups excluding carboxylic acids is 1. The van der Waals surface area contributed by atoms with Crippen molar-refractivity contribution in [1.82, 2.24) is 0 Å². The van der Waals surface area contributed by atoms with Crippen molar-refractivity contribution >= 4 is 63.3 Å². The van der Waals surface area contributed by atoms with E-state index in [0.717, 1.165) is 4.88 Å². The van der Waals surface area contributed by atoms with Crippen LogP contribution in [-0.4, -0.2) is 10.9 Å². The molecule has 2 nitrogen and oxygen atoms in total. The Morgan fingerprint density at radius 1 is 1.15 bits per heavy atom. The summed E-state index contributed by atoms with van der Waals surface area (Å²) in [7, 11) is 0. The van der Waals surface area contributed by atoms with Gasteiger partial charge in [0.25, 0.3) is 0 Å². The summed E-state index contributed by atoms with van der Waals surface area (Å²) in [6, 6.07) is 7.39. The van der Waals surface area contributed by atoms with E-state index in [9.17, 15) is 9.90 Å². The molecule has 0 bridgehead atoms. The zero-order valence-electron chi connectivity index (χ0n) is 9.94. The zero-order valence-corrected chi connectivity index (χ0v) is 14.0. The molecule has 3 heterocycles. The Balaban J connectivity index is 2.05. The number of ketones is 1. The minimum atomic E-state index is -0.771. The van der Waals surface area contributed by atoms with E-state index in [-0.39, 0.29) is 5.78 Å². The van der Waals surface area contributed by atoms with Gasteiger partial charge in [0.2, 0.25) is 5.78 Å². The summed E-state index contributed by atoms with van der Waals surface area (Å²) >= 11 is 10.7. The first-order valence-electron chi connectivity index (χ1n) is 5.60. The van der Waals surface area contributed by atoms with E-state index >= 15 is 0 Å². The van der Waals surface area contributed by atoms with Crippen LogP contribution in [0.25, 0.3) is 0 Å². The summed E-state index contributed by atoms with van der Waals surface area (Å²) in [5.41, 5.74) is 0. The van der Waals surface area contributed by atoms with Gasteiger partial charge in [-0.05, 0) is 22.9 Å². The van der Waals surface area contributed by atoms with Crippen molar-refractivity contribution in [3.8, 4) is 0 Å². The summed E-state index contributed by atoms with van der Waals surface area (Å²) in [6.07, 6.45) is -0.771. The Bertz CT molecular complexity index is 764. The molecule has 0 saturated heterocycles. The van der Waals surface area contributed by atoms with Gasteiger partial charge < -0.3 is 5.11 Å². The van der Waals surface area contributed by atoms with Gasteiger partial charge in [-0.3, -0.25) is 4.79 Å². The molecule has 1 N–H and O–H groups in total. The molecule has 0 fully saturated rings. The second-order valence-corrected chi connectivity index (χ2v) is 9.06. The van der Waals surface area contributed by atoms with Gasteiger partial charge in [0.15, 0.2) is 0 Å². The summed E-state index contributed by atoms with van der Waals surface area (Å²) in [6.45, 7) is 0. The lowest BCUT2D eigenvalue weighted by atomic mass is 10.2. The number of aliphatic hydroxyl groups is 1. The molecule has 1 atom stereocenters. The molecule has 0 aliphatic rings. The molecule has 7 heteroatoms. The number of rotatable bonds is 4. The molecule has 20 heavy (non-hydrogen) atoms. The molecule has 0 radical (unpaired) electrons. The fourth-order valence-corrected chi connectivity index (χ4v) is 5.89. The average molecular weight is 357 g/mol. The molecule has 0 aliphatic heterocycles. The van der Waals surface area contributed by atoms with Gasteiger partial charge in [0.05, 0.1) is 14.6 Å². The van der Waals surface area contributed by atoms with Crippen molar-refractivity contribution in [3.63, 3.8) is 0 Å². The third-order valence-corrected chi connectivity index (χ3v) is 7.13. The Kier molecular flexibility index (Phi) is 4.25. The Morgan fingerprint density at radius 2 is 1.90 bits per heavy atom.